The number of phenolic OH excluding ortho intramolecular Hbond substituents is 2. The lowest BCUT2D eigenvalue weighted by molar-refractivity contribution is -0.212. The monoisotopic (exact) mass is 618 g/mol. The van der Waals surface area contributed by atoms with Crippen LogP contribution >= 0.6 is 0 Å². The molecule has 6 rings (SSSR count). The molecule has 6 nitrogen and oxygen atoms in total. The van der Waals surface area contributed by atoms with Crippen LogP contribution in [0.2, 0.25) is 0 Å². The number of aliphatic carboxylic acids is 1. The predicted octanol–water partition coefficient (Wildman–Crippen LogP) is 8.91. The molecule has 0 bridgehead atoms. The second-order valence-corrected chi connectivity index (χ2v) is 17.5. The van der Waals surface area contributed by atoms with Gasteiger partial charge in [0, 0.05) is 11.5 Å². The number of carbonyl (C=O) groups is 2. The summed E-state index contributed by atoms with van der Waals surface area (Å²) >= 11 is 0. The SMILES string of the molecule is CC1(C)CC[C@]2(C(=O)O)CC[C@]3(C)C(=CC[C@@H]4[C@@]5(C)CC[C@H](OC(=O)C=Cc6ccc(O)c(O)c6)C(C)(C)[C@H]5CC[C@]43C)C2C1. The molecule has 246 valence electrons. The number of hydrogen-bond acceptors (Lipinski definition) is 5. The van der Waals surface area contributed by atoms with Crippen molar-refractivity contribution in [2.75, 3.05) is 0 Å². The molecule has 5 aliphatic carbocycles. The highest BCUT2D eigenvalue weighted by Crippen LogP contribution is 2.75. The van der Waals surface area contributed by atoms with Crippen LogP contribution in [0.4, 0.5) is 0 Å². The van der Waals surface area contributed by atoms with Crippen LogP contribution in [0.25, 0.3) is 6.08 Å². The van der Waals surface area contributed by atoms with E-state index in [0.29, 0.717) is 17.4 Å². The van der Waals surface area contributed by atoms with Crippen molar-refractivity contribution in [2.45, 2.75) is 119 Å². The summed E-state index contributed by atoms with van der Waals surface area (Å²) in [6, 6.07) is 4.46. The number of carboxylic acid groups (broad SMARTS) is 1. The van der Waals surface area contributed by atoms with E-state index in [1.165, 1.54) is 23.8 Å². The number of fused-ring (bicyclic) bond motifs is 7. The second-order valence-electron chi connectivity index (χ2n) is 17.5. The van der Waals surface area contributed by atoms with Crippen molar-refractivity contribution in [3.8, 4) is 11.5 Å². The molecular formula is C39H54O6. The van der Waals surface area contributed by atoms with E-state index < -0.39 is 11.4 Å². The lowest BCUT2D eigenvalue weighted by Crippen LogP contribution is -2.65. The Balaban J connectivity index is 1.25. The Morgan fingerprint density at radius 1 is 0.867 bits per heavy atom. The lowest BCUT2D eigenvalue weighted by Gasteiger charge is -2.71. The molecule has 3 N–H and O–H groups in total. The van der Waals surface area contributed by atoms with Crippen LogP contribution in [0.15, 0.2) is 35.9 Å². The average molecular weight is 619 g/mol. The van der Waals surface area contributed by atoms with Crippen LogP contribution in [0.1, 0.15) is 118 Å². The number of benzene rings is 1. The molecule has 0 spiro atoms. The van der Waals surface area contributed by atoms with Gasteiger partial charge in [-0.2, -0.15) is 0 Å². The number of carboxylic acids is 1. The van der Waals surface area contributed by atoms with Gasteiger partial charge in [-0.05, 0) is 127 Å². The molecule has 0 radical (unpaired) electrons. The van der Waals surface area contributed by atoms with Gasteiger partial charge in [-0.15, -0.1) is 0 Å². The fourth-order valence-electron chi connectivity index (χ4n) is 11.8. The van der Waals surface area contributed by atoms with Gasteiger partial charge < -0.3 is 20.1 Å². The maximum Gasteiger partial charge on any atom is 0.331 e. The van der Waals surface area contributed by atoms with Crippen LogP contribution in [0, 0.1) is 50.2 Å². The van der Waals surface area contributed by atoms with E-state index in [0.717, 1.165) is 64.2 Å². The predicted molar refractivity (Wildman–Crippen MR) is 175 cm³/mol. The Hall–Kier alpha value is -2.76. The number of carbonyl (C=O) groups excluding carboxylic acids is 1. The first-order valence-corrected chi connectivity index (χ1v) is 17.2. The third-order valence-electron chi connectivity index (χ3n) is 14.7. The highest BCUT2D eigenvalue weighted by atomic mass is 16.5. The summed E-state index contributed by atoms with van der Waals surface area (Å²) in [5.41, 5.74) is 1.59. The fourth-order valence-corrected chi connectivity index (χ4v) is 11.8. The Bertz CT molecular complexity index is 1450. The van der Waals surface area contributed by atoms with Crippen LogP contribution in [-0.2, 0) is 14.3 Å². The smallest absolute Gasteiger partial charge is 0.331 e. The topological polar surface area (TPSA) is 104 Å². The zero-order chi connectivity index (χ0) is 32.8. The summed E-state index contributed by atoms with van der Waals surface area (Å²) in [6.45, 7) is 16.8. The van der Waals surface area contributed by atoms with Gasteiger partial charge in [0.15, 0.2) is 11.5 Å². The van der Waals surface area contributed by atoms with Crippen molar-refractivity contribution in [3.63, 3.8) is 0 Å². The Morgan fingerprint density at radius 2 is 1.58 bits per heavy atom. The van der Waals surface area contributed by atoms with Crippen LogP contribution in [0.5, 0.6) is 11.5 Å². The highest BCUT2D eigenvalue weighted by Gasteiger charge is 2.69. The highest BCUT2D eigenvalue weighted by molar-refractivity contribution is 5.87. The zero-order valence-corrected chi connectivity index (χ0v) is 28.4. The van der Waals surface area contributed by atoms with Crippen molar-refractivity contribution < 1.29 is 29.6 Å². The summed E-state index contributed by atoms with van der Waals surface area (Å²) in [7, 11) is 0. The molecule has 4 fully saturated rings. The van der Waals surface area contributed by atoms with Crippen molar-refractivity contribution in [1.29, 1.82) is 0 Å². The summed E-state index contributed by atoms with van der Waals surface area (Å²) < 4.78 is 6.15. The molecule has 0 aromatic heterocycles. The summed E-state index contributed by atoms with van der Waals surface area (Å²) in [4.78, 5) is 25.9. The molecule has 4 saturated carbocycles. The molecule has 1 unspecified atom stereocenters. The third kappa shape index (κ3) is 4.70. The van der Waals surface area contributed by atoms with E-state index in [2.05, 4.69) is 54.5 Å². The molecule has 5 aliphatic rings. The maximum atomic E-state index is 13.0. The van der Waals surface area contributed by atoms with Crippen molar-refractivity contribution in [1.82, 2.24) is 0 Å². The molecule has 0 saturated heterocycles. The van der Waals surface area contributed by atoms with Crippen LogP contribution in [-0.4, -0.2) is 33.4 Å². The molecule has 6 heteroatoms. The maximum absolute atomic E-state index is 13.0. The van der Waals surface area contributed by atoms with E-state index in [9.17, 15) is 24.9 Å². The number of aromatic hydroxyl groups is 2. The average Bonchev–Trinajstić information content (AvgIpc) is 2.95. The van der Waals surface area contributed by atoms with Gasteiger partial charge in [-0.3, -0.25) is 4.79 Å². The molecule has 0 aliphatic heterocycles. The standard InChI is InChI=1S/C39H54O6/c1-34(2)18-20-39(33(43)44)21-19-37(6)25(26(39)23-34)10-12-30-36(5)16-15-31(35(3,4)29(36)14-17-38(30,37)7)45-32(42)13-9-24-8-11-27(40)28(41)22-24/h8-11,13,22,26,29-31,40-41H,12,14-21,23H2,1-7H3,(H,43,44)/t26?,29-,30-,31+,36+,37-,38-,39+/m1/s1. The van der Waals surface area contributed by atoms with E-state index >= 15 is 0 Å². The quantitative estimate of drug-likeness (QED) is 0.135. The number of hydrogen-bond donors (Lipinski definition) is 3. The minimum atomic E-state index is -0.619. The largest absolute Gasteiger partial charge is 0.504 e. The number of ether oxygens (including phenoxy) is 1. The first kappa shape index (κ1) is 32.2. The minimum Gasteiger partial charge on any atom is -0.504 e. The van der Waals surface area contributed by atoms with Crippen LogP contribution < -0.4 is 0 Å². The van der Waals surface area contributed by atoms with Gasteiger partial charge in [0.05, 0.1) is 5.41 Å². The summed E-state index contributed by atoms with van der Waals surface area (Å²) in [5, 5.41) is 30.0. The van der Waals surface area contributed by atoms with Gasteiger partial charge in [-0.1, -0.05) is 66.2 Å². The first-order chi connectivity index (χ1) is 20.9. The Morgan fingerprint density at radius 3 is 2.27 bits per heavy atom. The van der Waals surface area contributed by atoms with Crippen LogP contribution in [0.3, 0.4) is 0 Å². The summed E-state index contributed by atoms with van der Waals surface area (Å²) in [6.07, 6.45) is 14.8. The second kappa shape index (κ2) is 10.4. The third-order valence-corrected chi connectivity index (χ3v) is 14.7. The van der Waals surface area contributed by atoms with Gasteiger partial charge in [-0.25, -0.2) is 4.79 Å². The number of phenols is 2. The van der Waals surface area contributed by atoms with Crippen molar-refractivity contribution in [2.24, 2.45) is 50.2 Å². The lowest BCUT2D eigenvalue weighted by atomic mass is 9.33. The fraction of sp³-hybridized carbons (Fsp3) is 0.692. The van der Waals surface area contributed by atoms with Gasteiger partial charge >= 0.3 is 11.9 Å². The van der Waals surface area contributed by atoms with E-state index in [4.69, 9.17) is 4.74 Å². The zero-order valence-electron chi connectivity index (χ0n) is 28.4. The van der Waals surface area contributed by atoms with Crippen molar-refractivity contribution in [3.05, 3.63) is 41.5 Å². The van der Waals surface area contributed by atoms with E-state index in [-0.39, 0.29) is 56.6 Å². The Kier molecular flexibility index (Phi) is 7.42. The van der Waals surface area contributed by atoms with Crippen molar-refractivity contribution >= 4 is 18.0 Å². The minimum absolute atomic E-state index is 0.0121. The van der Waals surface area contributed by atoms with Gasteiger partial charge in [0.1, 0.15) is 6.10 Å². The molecule has 1 aromatic rings. The summed E-state index contributed by atoms with van der Waals surface area (Å²) in [5.74, 6) is -0.379. The first-order valence-electron chi connectivity index (χ1n) is 17.2. The molecule has 0 heterocycles. The number of rotatable bonds is 4. The molecule has 0 amide bonds. The molecule has 1 aromatic carbocycles. The van der Waals surface area contributed by atoms with E-state index in [1.807, 2.05) is 0 Å². The number of esters is 1. The number of allylic oxidation sites excluding steroid dienone is 2. The van der Waals surface area contributed by atoms with Gasteiger partial charge in [0.25, 0.3) is 0 Å². The van der Waals surface area contributed by atoms with E-state index in [1.54, 1.807) is 12.1 Å². The molecular weight excluding hydrogens is 564 g/mol. The molecule has 8 atom stereocenters. The molecule has 45 heavy (non-hydrogen) atoms. The van der Waals surface area contributed by atoms with Gasteiger partial charge in [0.2, 0.25) is 0 Å². The normalized spacial score (nSPS) is 41.5. The Labute approximate surface area is 269 Å².